The number of para-hydroxylation sites is 1. The molecule has 1 aliphatic heterocycles. The van der Waals surface area contributed by atoms with Crippen molar-refractivity contribution >= 4 is 51.8 Å². The molecule has 9 rings (SSSR count). The maximum atomic E-state index is 14.7. The van der Waals surface area contributed by atoms with Crippen molar-refractivity contribution in [1.29, 1.82) is 0 Å². The van der Waals surface area contributed by atoms with Crippen molar-refractivity contribution in [3.8, 4) is 0 Å². The first-order chi connectivity index (χ1) is 19.6. The summed E-state index contributed by atoms with van der Waals surface area (Å²) in [6, 6.07) is 37.5. The summed E-state index contributed by atoms with van der Waals surface area (Å²) >= 11 is 6.52. The highest BCUT2D eigenvalue weighted by Gasteiger charge is 2.68. The van der Waals surface area contributed by atoms with Gasteiger partial charge in [-0.1, -0.05) is 109 Å². The summed E-state index contributed by atoms with van der Waals surface area (Å²) in [7, 11) is 0. The molecule has 0 aromatic heterocycles. The van der Waals surface area contributed by atoms with Crippen LogP contribution in [0.5, 0.6) is 0 Å². The average molecular weight is 539 g/mol. The van der Waals surface area contributed by atoms with Gasteiger partial charge in [-0.3, -0.25) is 14.6 Å². The lowest BCUT2D eigenvalue weighted by molar-refractivity contribution is -0.122. The summed E-state index contributed by atoms with van der Waals surface area (Å²) in [6.07, 6.45) is 1.89. The molecule has 40 heavy (non-hydrogen) atoms. The van der Waals surface area contributed by atoms with E-state index in [1.165, 1.54) is 4.90 Å². The average Bonchev–Trinajstić information content (AvgIpc) is 3.27. The van der Waals surface area contributed by atoms with E-state index in [1.54, 1.807) is 6.07 Å². The van der Waals surface area contributed by atoms with Crippen LogP contribution in [-0.4, -0.2) is 18.0 Å². The maximum Gasteiger partial charge on any atom is 0.239 e. The van der Waals surface area contributed by atoms with Crippen LogP contribution in [0, 0.1) is 11.8 Å². The zero-order chi connectivity index (χ0) is 27.0. The molecular formula is C35H23ClN2O2. The van der Waals surface area contributed by atoms with Gasteiger partial charge in [0.1, 0.15) is 0 Å². The number of anilines is 1. The van der Waals surface area contributed by atoms with Crippen molar-refractivity contribution < 1.29 is 9.59 Å². The van der Waals surface area contributed by atoms with Gasteiger partial charge in [0.2, 0.25) is 11.8 Å². The Morgan fingerprint density at radius 1 is 0.700 bits per heavy atom. The molecule has 5 aromatic rings. The molecule has 5 heteroatoms. The van der Waals surface area contributed by atoms with Gasteiger partial charge in [0.05, 0.1) is 33.6 Å². The van der Waals surface area contributed by atoms with Crippen LogP contribution in [0.4, 0.5) is 11.4 Å². The number of hydrogen-bond acceptors (Lipinski definition) is 3. The molecule has 192 valence electrons. The molecular weight excluding hydrogens is 516 g/mol. The number of amides is 2. The van der Waals surface area contributed by atoms with Crippen molar-refractivity contribution in [2.75, 3.05) is 4.90 Å². The second kappa shape index (κ2) is 8.48. The van der Waals surface area contributed by atoms with Crippen molar-refractivity contribution in [2.24, 2.45) is 16.8 Å². The van der Waals surface area contributed by atoms with Crippen LogP contribution < -0.4 is 4.90 Å². The minimum absolute atomic E-state index is 0.157. The molecule has 1 heterocycles. The summed E-state index contributed by atoms with van der Waals surface area (Å²) < 4.78 is 0. The number of carbonyl (C=O) groups is 2. The number of aliphatic imine (C=N–C) groups is 1. The number of halogens is 1. The predicted octanol–water partition coefficient (Wildman–Crippen LogP) is 7.45. The lowest BCUT2D eigenvalue weighted by atomic mass is 9.47. The van der Waals surface area contributed by atoms with E-state index >= 15 is 0 Å². The van der Waals surface area contributed by atoms with Gasteiger partial charge in [-0.05, 0) is 45.8 Å². The van der Waals surface area contributed by atoms with E-state index in [-0.39, 0.29) is 17.7 Å². The Bertz CT molecular complexity index is 1860. The third-order valence-corrected chi connectivity index (χ3v) is 9.27. The first-order valence-electron chi connectivity index (χ1n) is 13.5. The van der Waals surface area contributed by atoms with Crippen molar-refractivity contribution in [3.05, 3.63) is 143 Å². The fourth-order valence-corrected chi connectivity index (χ4v) is 7.60. The standard InChI is InChI=1S/C35H23ClN2O2/c36-27-17-7-8-18-28(27)37-20-35-25-15-5-3-13-23(25)30(24-14-4-6-16-26(24)35)31-32(35)34(40)38(33(31)39)29-19-9-11-21-10-1-2-12-22(21)29/h1-20,30-32H/t30?,31-,32+,35?/m0/s1. The summed E-state index contributed by atoms with van der Waals surface area (Å²) in [6.45, 7) is 0. The normalized spacial score (nSPS) is 24.4. The number of fused-ring (bicyclic) bond motifs is 1. The molecule has 2 bridgehead atoms. The van der Waals surface area contributed by atoms with Gasteiger partial charge in [-0.15, -0.1) is 0 Å². The lowest BCUT2D eigenvalue weighted by Crippen LogP contribution is -2.54. The SMILES string of the molecule is O=C1[C@H]2C3c4ccccc4C(C=Nc4ccccc4Cl)(c4ccccc43)[C@H]2C(=O)N1c1cccc2ccccc12. The number of rotatable bonds is 3. The lowest BCUT2D eigenvalue weighted by Gasteiger charge is -2.52. The summed E-state index contributed by atoms with van der Waals surface area (Å²) in [5.74, 6) is -1.75. The van der Waals surface area contributed by atoms with Gasteiger partial charge in [0.25, 0.3) is 0 Å². The first-order valence-corrected chi connectivity index (χ1v) is 13.8. The third-order valence-electron chi connectivity index (χ3n) is 8.95. The molecule has 1 fully saturated rings. The van der Waals surface area contributed by atoms with Gasteiger partial charge in [-0.25, -0.2) is 4.90 Å². The van der Waals surface area contributed by atoms with Crippen molar-refractivity contribution in [2.45, 2.75) is 11.3 Å². The first kappa shape index (κ1) is 23.4. The molecule has 2 amide bonds. The zero-order valence-electron chi connectivity index (χ0n) is 21.4. The molecule has 0 unspecified atom stereocenters. The largest absolute Gasteiger partial charge is 0.274 e. The molecule has 5 aromatic carbocycles. The molecule has 1 saturated heterocycles. The number of benzene rings is 5. The highest BCUT2D eigenvalue weighted by atomic mass is 35.5. The Balaban J connectivity index is 1.41. The molecule has 4 nitrogen and oxygen atoms in total. The minimum Gasteiger partial charge on any atom is -0.274 e. The smallest absolute Gasteiger partial charge is 0.239 e. The molecule has 4 aliphatic rings. The number of imide groups is 1. The Morgan fingerprint density at radius 2 is 1.32 bits per heavy atom. The highest BCUT2D eigenvalue weighted by Crippen LogP contribution is 2.64. The summed E-state index contributed by atoms with van der Waals surface area (Å²) in [5, 5.41) is 2.40. The van der Waals surface area contributed by atoms with E-state index in [0.29, 0.717) is 16.4 Å². The van der Waals surface area contributed by atoms with Crippen LogP contribution in [0.3, 0.4) is 0 Å². The Hall–Kier alpha value is -4.54. The fourth-order valence-electron chi connectivity index (χ4n) is 7.42. The molecule has 0 saturated carbocycles. The number of nitrogens with zero attached hydrogens (tertiary/aromatic N) is 2. The molecule has 0 spiro atoms. The van der Waals surface area contributed by atoms with E-state index in [0.717, 1.165) is 33.0 Å². The molecule has 2 atom stereocenters. The van der Waals surface area contributed by atoms with Crippen LogP contribution in [0.1, 0.15) is 28.2 Å². The van der Waals surface area contributed by atoms with Gasteiger partial charge in [-0.2, -0.15) is 0 Å². The van der Waals surface area contributed by atoms with Crippen LogP contribution >= 0.6 is 11.6 Å². The molecule has 0 radical (unpaired) electrons. The van der Waals surface area contributed by atoms with Crippen LogP contribution in [0.15, 0.2) is 120 Å². The van der Waals surface area contributed by atoms with Crippen molar-refractivity contribution in [1.82, 2.24) is 0 Å². The van der Waals surface area contributed by atoms with Crippen LogP contribution in [0.2, 0.25) is 5.02 Å². The second-order valence-corrected chi connectivity index (χ2v) is 11.2. The number of carbonyl (C=O) groups excluding carboxylic acids is 2. The maximum absolute atomic E-state index is 14.7. The predicted molar refractivity (Wildman–Crippen MR) is 159 cm³/mol. The Kier molecular flexibility index (Phi) is 4.95. The van der Waals surface area contributed by atoms with E-state index in [1.807, 2.05) is 91.1 Å². The van der Waals surface area contributed by atoms with E-state index in [4.69, 9.17) is 16.6 Å². The van der Waals surface area contributed by atoms with Gasteiger partial charge >= 0.3 is 0 Å². The molecule has 3 aliphatic carbocycles. The third kappa shape index (κ3) is 2.94. The zero-order valence-corrected chi connectivity index (χ0v) is 22.1. The van der Waals surface area contributed by atoms with Crippen molar-refractivity contribution in [3.63, 3.8) is 0 Å². The monoisotopic (exact) mass is 538 g/mol. The number of hydrogen-bond donors (Lipinski definition) is 0. The fraction of sp³-hybridized carbons (Fsp3) is 0.114. The van der Waals surface area contributed by atoms with Gasteiger partial charge < -0.3 is 0 Å². The Labute approximate surface area is 236 Å². The highest BCUT2D eigenvalue weighted by molar-refractivity contribution is 6.33. The van der Waals surface area contributed by atoms with E-state index < -0.39 is 17.3 Å². The minimum atomic E-state index is -0.933. The van der Waals surface area contributed by atoms with E-state index in [9.17, 15) is 9.59 Å². The van der Waals surface area contributed by atoms with Crippen LogP contribution in [-0.2, 0) is 15.0 Å². The van der Waals surface area contributed by atoms with Gasteiger partial charge in [0, 0.05) is 17.5 Å². The van der Waals surface area contributed by atoms with Crippen LogP contribution in [0.25, 0.3) is 10.8 Å². The molecule has 0 N–H and O–H groups in total. The van der Waals surface area contributed by atoms with Gasteiger partial charge in [0.15, 0.2) is 0 Å². The summed E-state index contributed by atoms with van der Waals surface area (Å²) in [5.41, 5.74) is 4.53. The second-order valence-electron chi connectivity index (χ2n) is 10.7. The quantitative estimate of drug-likeness (QED) is 0.177. The summed E-state index contributed by atoms with van der Waals surface area (Å²) in [4.78, 5) is 35.6. The Morgan fingerprint density at radius 3 is 2.08 bits per heavy atom. The van der Waals surface area contributed by atoms with E-state index in [2.05, 4.69) is 24.3 Å². The topological polar surface area (TPSA) is 49.7 Å².